The molecule has 86 valence electrons. The van der Waals surface area contributed by atoms with Gasteiger partial charge in [0, 0.05) is 10.5 Å². The van der Waals surface area contributed by atoms with Crippen molar-refractivity contribution < 1.29 is 14.3 Å². The molecule has 0 radical (unpaired) electrons. The van der Waals surface area contributed by atoms with E-state index in [0.29, 0.717) is 18.1 Å². The van der Waals surface area contributed by atoms with Crippen molar-refractivity contribution in [3.05, 3.63) is 0 Å². The molecule has 4 heteroatoms. The number of rotatable bonds is 6. The fraction of sp³-hybridized carbons (Fsp3) is 0.909. The normalized spacial score (nSPS) is 31.1. The van der Waals surface area contributed by atoms with Gasteiger partial charge in [-0.3, -0.25) is 0 Å². The fourth-order valence-electron chi connectivity index (χ4n) is 1.90. The highest BCUT2D eigenvalue weighted by molar-refractivity contribution is 7.77. The SMILES string of the molecule is CC(C)(C(=O)[S-])C(CC1CO1)CC1CO1. The van der Waals surface area contributed by atoms with Crippen LogP contribution in [0.15, 0.2) is 0 Å². The number of epoxide rings is 2. The van der Waals surface area contributed by atoms with E-state index in [1.165, 1.54) is 0 Å². The maximum Gasteiger partial charge on any atom is 0.0812 e. The van der Waals surface area contributed by atoms with E-state index in [-0.39, 0.29) is 5.12 Å². The van der Waals surface area contributed by atoms with Gasteiger partial charge in [-0.1, -0.05) is 13.8 Å². The van der Waals surface area contributed by atoms with Gasteiger partial charge >= 0.3 is 0 Å². The predicted molar refractivity (Wildman–Crippen MR) is 58.4 cm³/mol. The molecule has 2 aliphatic rings. The van der Waals surface area contributed by atoms with Crippen LogP contribution in [0, 0.1) is 11.3 Å². The Balaban J connectivity index is 1.97. The van der Waals surface area contributed by atoms with E-state index in [1.807, 2.05) is 13.8 Å². The molecular weight excluding hydrogens is 212 g/mol. The van der Waals surface area contributed by atoms with Crippen molar-refractivity contribution >= 4 is 17.7 Å². The summed E-state index contributed by atoms with van der Waals surface area (Å²) >= 11 is 4.82. The summed E-state index contributed by atoms with van der Waals surface area (Å²) in [4.78, 5) is 11.4. The minimum atomic E-state index is -0.423. The molecule has 3 nitrogen and oxygen atoms in total. The van der Waals surface area contributed by atoms with E-state index in [2.05, 4.69) is 0 Å². The first-order valence-electron chi connectivity index (χ1n) is 5.45. The van der Waals surface area contributed by atoms with Gasteiger partial charge in [-0.25, -0.2) is 0 Å². The average Bonchev–Trinajstić information content (AvgIpc) is 2.96. The first kappa shape index (κ1) is 11.3. The summed E-state index contributed by atoms with van der Waals surface area (Å²) in [5.41, 5.74) is -0.423. The molecular formula is C11H17O3S-. The van der Waals surface area contributed by atoms with Crippen LogP contribution in [0.25, 0.3) is 0 Å². The average molecular weight is 229 g/mol. The van der Waals surface area contributed by atoms with Gasteiger partial charge in [0.2, 0.25) is 0 Å². The van der Waals surface area contributed by atoms with Crippen molar-refractivity contribution in [3.63, 3.8) is 0 Å². The molecule has 2 atom stereocenters. The molecule has 0 aromatic rings. The van der Waals surface area contributed by atoms with Gasteiger partial charge in [-0.05, 0) is 18.8 Å². The Morgan fingerprint density at radius 3 is 2.00 bits per heavy atom. The van der Waals surface area contributed by atoms with Gasteiger partial charge in [-0.2, -0.15) is 0 Å². The quantitative estimate of drug-likeness (QED) is 0.508. The van der Waals surface area contributed by atoms with Gasteiger partial charge in [0.05, 0.1) is 25.4 Å². The molecule has 0 aromatic carbocycles. The van der Waals surface area contributed by atoms with E-state index < -0.39 is 5.41 Å². The van der Waals surface area contributed by atoms with E-state index >= 15 is 0 Å². The molecule has 0 N–H and O–H groups in total. The third kappa shape index (κ3) is 2.89. The Labute approximate surface area is 95.9 Å². The second-order valence-electron chi connectivity index (χ2n) is 5.09. The van der Waals surface area contributed by atoms with Crippen molar-refractivity contribution in [2.75, 3.05) is 13.2 Å². The molecule has 0 saturated carbocycles. The Kier molecular flexibility index (Phi) is 3.01. The van der Waals surface area contributed by atoms with E-state index in [0.717, 1.165) is 26.1 Å². The van der Waals surface area contributed by atoms with Gasteiger partial charge in [-0.15, -0.1) is 0 Å². The van der Waals surface area contributed by atoms with Gasteiger partial charge in [0.25, 0.3) is 0 Å². The third-order valence-corrected chi connectivity index (χ3v) is 3.97. The molecule has 2 rings (SSSR count). The predicted octanol–water partition coefficient (Wildman–Crippen LogP) is 1.28. The van der Waals surface area contributed by atoms with Gasteiger partial charge in [0.15, 0.2) is 0 Å². The van der Waals surface area contributed by atoms with Crippen LogP contribution in [0.2, 0.25) is 0 Å². The molecule has 2 saturated heterocycles. The van der Waals surface area contributed by atoms with Crippen molar-refractivity contribution in [2.45, 2.75) is 38.9 Å². The largest absolute Gasteiger partial charge is 0.741 e. The summed E-state index contributed by atoms with van der Waals surface area (Å²) in [6.07, 6.45) is 2.58. The summed E-state index contributed by atoms with van der Waals surface area (Å²) in [7, 11) is 0. The first-order chi connectivity index (χ1) is 7.00. The Morgan fingerprint density at radius 1 is 1.33 bits per heavy atom. The Morgan fingerprint density at radius 2 is 1.73 bits per heavy atom. The summed E-state index contributed by atoms with van der Waals surface area (Å²) in [6, 6.07) is 0. The number of hydrogen-bond donors (Lipinski definition) is 0. The van der Waals surface area contributed by atoms with Crippen LogP contribution in [-0.2, 0) is 26.9 Å². The lowest BCUT2D eigenvalue weighted by Gasteiger charge is -2.35. The molecule has 2 heterocycles. The van der Waals surface area contributed by atoms with Crippen molar-refractivity contribution in [2.24, 2.45) is 11.3 Å². The molecule has 15 heavy (non-hydrogen) atoms. The van der Waals surface area contributed by atoms with Gasteiger partial charge < -0.3 is 26.9 Å². The summed E-state index contributed by atoms with van der Waals surface area (Å²) in [5, 5.41) is -0.145. The fourth-order valence-corrected chi connectivity index (χ4v) is 2.06. The molecule has 0 spiro atoms. The number of hydrogen-bond acceptors (Lipinski definition) is 4. The van der Waals surface area contributed by atoms with E-state index in [1.54, 1.807) is 0 Å². The molecule has 2 fully saturated rings. The molecule has 0 aliphatic carbocycles. The smallest absolute Gasteiger partial charge is 0.0812 e. The lowest BCUT2D eigenvalue weighted by molar-refractivity contribution is -0.121. The van der Waals surface area contributed by atoms with Crippen molar-refractivity contribution in [3.8, 4) is 0 Å². The van der Waals surface area contributed by atoms with Crippen LogP contribution in [0.1, 0.15) is 26.7 Å². The summed E-state index contributed by atoms with van der Waals surface area (Å²) in [5.74, 6) is 0.294. The van der Waals surface area contributed by atoms with Crippen LogP contribution in [-0.4, -0.2) is 30.5 Å². The molecule has 0 amide bonds. The van der Waals surface area contributed by atoms with E-state index in [4.69, 9.17) is 22.1 Å². The number of carbonyl (C=O) groups excluding carboxylic acids is 1. The van der Waals surface area contributed by atoms with Crippen molar-refractivity contribution in [1.29, 1.82) is 0 Å². The standard InChI is InChI=1S/C11H18O3S/c1-11(2,10(12)15)7(3-8-5-13-8)4-9-6-14-9/h7-9H,3-6H2,1-2H3,(H,12,15)/p-1. The second kappa shape index (κ2) is 4.00. The van der Waals surface area contributed by atoms with Crippen LogP contribution >= 0.6 is 0 Å². The highest BCUT2D eigenvalue weighted by Crippen LogP contribution is 2.39. The maximum atomic E-state index is 11.4. The number of carbonyl (C=O) groups is 1. The monoisotopic (exact) mass is 229 g/mol. The van der Waals surface area contributed by atoms with Crippen LogP contribution in [0.5, 0.6) is 0 Å². The van der Waals surface area contributed by atoms with Crippen LogP contribution in [0.3, 0.4) is 0 Å². The first-order valence-corrected chi connectivity index (χ1v) is 5.85. The van der Waals surface area contributed by atoms with Crippen LogP contribution in [0.4, 0.5) is 0 Å². The molecule has 0 bridgehead atoms. The minimum Gasteiger partial charge on any atom is -0.741 e. The highest BCUT2D eigenvalue weighted by Gasteiger charge is 2.39. The zero-order valence-electron chi connectivity index (χ0n) is 9.19. The van der Waals surface area contributed by atoms with Gasteiger partial charge in [0.1, 0.15) is 0 Å². The molecule has 2 unspecified atom stereocenters. The lowest BCUT2D eigenvalue weighted by Crippen LogP contribution is -2.33. The zero-order chi connectivity index (χ0) is 11.1. The summed E-state index contributed by atoms with van der Waals surface area (Å²) < 4.78 is 10.5. The molecule has 2 aliphatic heterocycles. The Bertz CT molecular complexity index is 243. The van der Waals surface area contributed by atoms with Crippen LogP contribution < -0.4 is 0 Å². The summed E-state index contributed by atoms with van der Waals surface area (Å²) in [6.45, 7) is 5.56. The third-order valence-electron chi connectivity index (χ3n) is 3.45. The second-order valence-corrected chi connectivity index (χ2v) is 5.46. The molecule has 0 aromatic heterocycles. The van der Waals surface area contributed by atoms with Crippen molar-refractivity contribution in [1.82, 2.24) is 0 Å². The zero-order valence-corrected chi connectivity index (χ0v) is 10.0. The Hall–Kier alpha value is -0.190. The maximum absolute atomic E-state index is 11.4. The minimum absolute atomic E-state index is 0.145. The van der Waals surface area contributed by atoms with E-state index in [9.17, 15) is 4.79 Å². The highest BCUT2D eigenvalue weighted by atomic mass is 32.1. The number of ether oxygens (including phenoxy) is 2. The topological polar surface area (TPSA) is 42.1 Å². The lowest BCUT2D eigenvalue weighted by atomic mass is 9.75.